The molecule has 0 unspecified atom stereocenters. The Morgan fingerprint density at radius 1 is 1.25 bits per heavy atom. The topological polar surface area (TPSA) is 66.0 Å². The number of rotatable bonds is 0. The number of aromatic hydroxyl groups is 1. The Kier molecular flexibility index (Phi) is 1.71. The third-order valence-corrected chi connectivity index (χ3v) is 2.56. The van der Waals surface area contributed by atoms with Crippen molar-refractivity contribution in [1.29, 1.82) is 0 Å². The quantitative estimate of drug-likeness (QED) is 0.558. The van der Waals surface area contributed by atoms with Crippen LogP contribution in [0.2, 0.25) is 0 Å². The van der Waals surface area contributed by atoms with E-state index in [9.17, 15) is 9.90 Å². The molecule has 2 aromatic heterocycles. The number of aromatic amines is 1. The number of hydrogen-bond donors (Lipinski definition) is 2. The summed E-state index contributed by atoms with van der Waals surface area (Å²) >= 11 is 0. The summed E-state index contributed by atoms with van der Waals surface area (Å²) in [7, 11) is 0. The van der Waals surface area contributed by atoms with Crippen molar-refractivity contribution in [2.75, 3.05) is 0 Å². The fourth-order valence-corrected chi connectivity index (χ4v) is 1.85. The van der Waals surface area contributed by atoms with Gasteiger partial charge in [-0.3, -0.25) is 9.78 Å². The number of phenolic OH excluding ortho intramolecular Hbond substituents is 1. The van der Waals surface area contributed by atoms with Crippen molar-refractivity contribution >= 4 is 21.8 Å². The molecule has 4 heteroatoms. The highest BCUT2D eigenvalue weighted by Crippen LogP contribution is 2.28. The third-order valence-electron chi connectivity index (χ3n) is 2.56. The maximum Gasteiger partial charge on any atom is 0.248 e. The van der Waals surface area contributed by atoms with Crippen molar-refractivity contribution in [3.63, 3.8) is 0 Å². The van der Waals surface area contributed by atoms with Gasteiger partial charge in [-0.05, 0) is 18.2 Å². The lowest BCUT2D eigenvalue weighted by molar-refractivity contribution is 0.481. The smallest absolute Gasteiger partial charge is 0.248 e. The first-order chi connectivity index (χ1) is 7.75. The fraction of sp³-hybridized carbons (Fsp3) is 0. The summed E-state index contributed by atoms with van der Waals surface area (Å²) in [4.78, 5) is 18.0. The molecule has 4 nitrogen and oxygen atoms in total. The third kappa shape index (κ3) is 1.16. The Labute approximate surface area is 90.2 Å². The van der Waals surface area contributed by atoms with Gasteiger partial charge in [-0.25, -0.2) is 0 Å². The summed E-state index contributed by atoms with van der Waals surface area (Å²) in [6, 6.07) is 8.37. The van der Waals surface area contributed by atoms with Crippen LogP contribution in [0.1, 0.15) is 0 Å². The Bertz CT molecular complexity index is 747. The van der Waals surface area contributed by atoms with Gasteiger partial charge in [0.05, 0.1) is 11.0 Å². The zero-order valence-electron chi connectivity index (χ0n) is 8.27. The number of H-pyrrole nitrogens is 1. The lowest BCUT2D eigenvalue weighted by Crippen LogP contribution is -2.02. The van der Waals surface area contributed by atoms with Gasteiger partial charge in [0.2, 0.25) is 5.56 Å². The Balaban J connectivity index is 2.64. The van der Waals surface area contributed by atoms with Gasteiger partial charge in [0.15, 0.2) is 0 Å². The maximum atomic E-state index is 11.2. The van der Waals surface area contributed by atoms with E-state index in [1.54, 1.807) is 24.4 Å². The molecular weight excluding hydrogens is 204 g/mol. The Morgan fingerprint density at radius 3 is 3.00 bits per heavy atom. The van der Waals surface area contributed by atoms with Crippen LogP contribution in [0.4, 0.5) is 0 Å². The number of nitrogens with zero attached hydrogens (tertiary/aromatic N) is 1. The summed E-state index contributed by atoms with van der Waals surface area (Å²) in [5.41, 5.74) is 0.961. The summed E-state index contributed by atoms with van der Waals surface area (Å²) in [6.07, 6.45) is 1.68. The van der Waals surface area contributed by atoms with E-state index in [-0.39, 0.29) is 11.3 Å². The summed E-state index contributed by atoms with van der Waals surface area (Å²) in [6.45, 7) is 0. The largest absolute Gasteiger partial charge is 0.506 e. The molecule has 0 fully saturated rings. The zero-order chi connectivity index (χ0) is 11.1. The molecule has 16 heavy (non-hydrogen) atoms. The van der Waals surface area contributed by atoms with Gasteiger partial charge in [-0.15, -0.1) is 0 Å². The zero-order valence-corrected chi connectivity index (χ0v) is 8.27. The summed E-state index contributed by atoms with van der Waals surface area (Å²) < 4.78 is 0. The first-order valence-corrected chi connectivity index (χ1v) is 4.85. The molecule has 0 bridgehead atoms. The van der Waals surface area contributed by atoms with Crippen LogP contribution >= 0.6 is 0 Å². The van der Waals surface area contributed by atoms with Gasteiger partial charge in [-0.2, -0.15) is 0 Å². The van der Waals surface area contributed by atoms with Crippen LogP contribution in [0, 0.1) is 0 Å². The van der Waals surface area contributed by atoms with Gasteiger partial charge in [-0.1, -0.05) is 6.07 Å². The van der Waals surface area contributed by atoms with Crippen LogP contribution in [0.5, 0.6) is 5.75 Å². The maximum absolute atomic E-state index is 11.2. The minimum absolute atomic E-state index is 0.0631. The van der Waals surface area contributed by atoms with Gasteiger partial charge in [0.25, 0.3) is 0 Å². The highest BCUT2D eigenvalue weighted by Gasteiger charge is 2.06. The lowest BCUT2D eigenvalue weighted by Gasteiger charge is -2.04. The van der Waals surface area contributed by atoms with E-state index in [2.05, 4.69) is 9.97 Å². The summed E-state index contributed by atoms with van der Waals surface area (Å²) in [5.74, 6) is 0.0631. The standard InChI is InChI=1S/C12H8N2O2/c15-9-6-7-2-1-5-13-11(7)8-3-4-10(16)14-12(8)9/h1-6,15H,(H,14,16). The van der Waals surface area contributed by atoms with Crippen LogP contribution < -0.4 is 5.56 Å². The highest BCUT2D eigenvalue weighted by atomic mass is 16.3. The lowest BCUT2D eigenvalue weighted by atomic mass is 10.1. The number of hydrogen-bond acceptors (Lipinski definition) is 3. The van der Waals surface area contributed by atoms with Crippen LogP contribution in [-0.4, -0.2) is 15.1 Å². The molecule has 0 aliphatic carbocycles. The SMILES string of the molecule is O=c1ccc2c([nH]1)c(O)cc1cccnc12. The van der Waals surface area contributed by atoms with E-state index in [0.717, 1.165) is 16.3 Å². The number of nitrogens with one attached hydrogen (secondary N) is 1. The predicted octanol–water partition coefficient (Wildman–Crippen LogP) is 1.78. The molecule has 0 saturated carbocycles. The minimum Gasteiger partial charge on any atom is -0.506 e. The normalized spacial score (nSPS) is 11.0. The number of pyridine rings is 2. The molecule has 0 aliphatic rings. The van der Waals surface area contributed by atoms with Crippen LogP contribution in [-0.2, 0) is 0 Å². The van der Waals surface area contributed by atoms with Crippen LogP contribution in [0.15, 0.2) is 41.3 Å². The second-order valence-electron chi connectivity index (χ2n) is 3.58. The predicted molar refractivity (Wildman–Crippen MR) is 61.5 cm³/mol. The molecule has 2 N–H and O–H groups in total. The van der Waals surface area contributed by atoms with Gasteiger partial charge in [0, 0.05) is 23.0 Å². The molecule has 78 valence electrons. The monoisotopic (exact) mass is 212 g/mol. The van der Waals surface area contributed by atoms with Crippen molar-refractivity contribution < 1.29 is 5.11 Å². The highest BCUT2D eigenvalue weighted by molar-refractivity contribution is 6.06. The molecule has 0 saturated heterocycles. The molecular formula is C12H8N2O2. The van der Waals surface area contributed by atoms with E-state index < -0.39 is 0 Å². The fourth-order valence-electron chi connectivity index (χ4n) is 1.85. The first kappa shape index (κ1) is 8.91. The minimum atomic E-state index is -0.238. The van der Waals surface area contributed by atoms with Gasteiger partial charge < -0.3 is 10.1 Å². The number of fused-ring (bicyclic) bond motifs is 3. The van der Waals surface area contributed by atoms with Gasteiger partial charge >= 0.3 is 0 Å². The van der Waals surface area contributed by atoms with E-state index in [4.69, 9.17) is 0 Å². The van der Waals surface area contributed by atoms with Gasteiger partial charge in [0.1, 0.15) is 5.75 Å². The second-order valence-corrected chi connectivity index (χ2v) is 3.58. The average molecular weight is 212 g/mol. The first-order valence-electron chi connectivity index (χ1n) is 4.85. The molecule has 3 aromatic rings. The molecule has 0 radical (unpaired) electrons. The molecule has 3 rings (SSSR count). The van der Waals surface area contributed by atoms with Crippen molar-refractivity contribution in [3.8, 4) is 5.75 Å². The Hall–Kier alpha value is -2.36. The number of benzene rings is 1. The molecule has 1 aromatic carbocycles. The van der Waals surface area contributed by atoms with Crippen molar-refractivity contribution in [3.05, 3.63) is 46.9 Å². The van der Waals surface area contributed by atoms with Crippen molar-refractivity contribution in [2.45, 2.75) is 0 Å². The molecule has 0 amide bonds. The van der Waals surface area contributed by atoms with E-state index in [1.165, 1.54) is 6.07 Å². The van der Waals surface area contributed by atoms with E-state index in [1.807, 2.05) is 6.07 Å². The van der Waals surface area contributed by atoms with Crippen molar-refractivity contribution in [2.24, 2.45) is 0 Å². The van der Waals surface area contributed by atoms with E-state index in [0.29, 0.717) is 5.52 Å². The van der Waals surface area contributed by atoms with Crippen LogP contribution in [0.3, 0.4) is 0 Å². The van der Waals surface area contributed by atoms with Crippen molar-refractivity contribution in [1.82, 2.24) is 9.97 Å². The molecule has 0 aliphatic heterocycles. The number of aromatic nitrogens is 2. The average Bonchev–Trinajstić information content (AvgIpc) is 2.29. The Morgan fingerprint density at radius 2 is 2.12 bits per heavy atom. The van der Waals surface area contributed by atoms with Crippen LogP contribution in [0.25, 0.3) is 21.8 Å². The summed E-state index contributed by atoms with van der Waals surface area (Å²) in [5, 5.41) is 11.4. The number of phenols is 1. The molecule has 2 heterocycles. The second kappa shape index (κ2) is 3.06. The molecule has 0 atom stereocenters. The molecule has 0 spiro atoms. The van der Waals surface area contributed by atoms with E-state index >= 15 is 0 Å².